The molecular formula is C23H26N2OS. The molecule has 1 aromatic heterocycles. The minimum Gasteiger partial charge on any atom is -0.497 e. The molecule has 0 saturated heterocycles. The van der Waals surface area contributed by atoms with Gasteiger partial charge in [0.2, 0.25) is 0 Å². The molecule has 0 unspecified atom stereocenters. The van der Waals surface area contributed by atoms with Crippen molar-refractivity contribution in [3.63, 3.8) is 0 Å². The molecule has 4 heteroatoms. The molecule has 3 aromatic rings. The Morgan fingerprint density at radius 2 is 1.67 bits per heavy atom. The van der Waals surface area contributed by atoms with Crippen molar-refractivity contribution >= 4 is 17.0 Å². The number of rotatable bonds is 4. The molecular weight excluding hydrogens is 352 g/mol. The molecule has 4 rings (SSSR count). The normalized spacial score (nSPS) is 15.9. The topological polar surface area (TPSA) is 26.5 Å². The largest absolute Gasteiger partial charge is 0.497 e. The van der Waals surface area contributed by atoms with Gasteiger partial charge in [-0.15, -0.1) is 11.3 Å². The molecule has 0 aliphatic heterocycles. The highest BCUT2D eigenvalue weighted by molar-refractivity contribution is 7.07. The minimum absolute atomic E-state index is 0.540. The highest BCUT2D eigenvalue weighted by Gasteiger charge is 2.20. The van der Waals surface area contributed by atoms with Gasteiger partial charge in [-0.05, 0) is 49.6 Å². The van der Waals surface area contributed by atoms with Crippen molar-refractivity contribution in [2.45, 2.75) is 45.1 Å². The van der Waals surface area contributed by atoms with Crippen molar-refractivity contribution in [2.75, 3.05) is 7.11 Å². The third kappa shape index (κ3) is 4.01. The third-order valence-corrected chi connectivity index (χ3v) is 6.17. The minimum atomic E-state index is 0.540. The van der Waals surface area contributed by atoms with E-state index in [1.54, 1.807) is 18.4 Å². The monoisotopic (exact) mass is 378 g/mol. The molecule has 1 aliphatic rings. The standard InChI is InChI=1S/C23H26N2OS/c1-17-8-10-18(11-9-17)22-16-27-23(25(22)20-6-4-3-5-7-20)24-19-12-14-21(26-2)15-13-19/h8-16,20H,3-7H2,1-2H3. The lowest BCUT2D eigenvalue weighted by molar-refractivity contribution is 0.351. The van der Waals surface area contributed by atoms with E-state index in [2.05, 4.69) is 41.1 Å². The maximum absolute atomic E-state index is 5.27. The summed E-state index contributed by atoms with van der Waals surface area (Å²) >= 11 is 1.74. The molecule has 1 saturated carbocycles. The summed E-state index contributed by atoms with van der Waals surface area (Å²) in [6, 6.07) is 17.4. The number of hydrogen-bond acceptors (Lipinski definition) is 3. The molecule has 140 valence electrons. The number of thiazole rings is 1. The predicted molar refractivity (Wildman–Crippen MR) is 113 cm³/mol. The Bertz CT molecular complexity index is 945. The summed E-state index contributed by atoms with van der Waals surface area (Å²) < 4.78 is 7.75. The van der Waals surface area contributed by atoms with Crippen LogP contribution in [-0.4, -0.2) is 11.7 Å². The Hall–Kier alpha value is -2.33. The number of ether oxygens (including phenoxy) is 1. The molecule has 0 amide bonds. The molecule has 0 spiro atoms. The van der Waals surface area contributed by atoms with Gasteiger partial charge in [-0.25, -0.2) is 4.99 Å². The van der Waals surface area contributed by atoms with Crippen LogP contribution in [0, 0.1) is 6.92 Å². The predicted octanol–water partition coefficient (Wildman–Crippen LogP) is 6.27. The average molecular weight is 379 g/mol. The van der Waals surface area contributed by atoms with Crippen molar-refractivity contribution in [1.29, 1.82) is 0 Å². The molecule has 27 heavy (non-hydrogen) atoms. The van der Waals surface area contributed by atoms with Gasteiger partial charge in [0, 0.05) is 11.4 Å². The molecule has 1 fully saturated rings. The lowest BCUT2D eigenvalue weighted by Gasteiger charge is -2.25. The lowest BCUT2D eigenvalue weighted by atomic mass is 9.95. The van der Waals surface area contributed by atoms with E-state index in [-0.39, 0.29) is 0 Å². The highest BCUT2D eigenvalue weighted by atomic mass is 32.1. The Morgan fingerprint density at radius 1 is 0.963 bits per heavy atom. The van der Waals surface area contributed by atoms with E-state index in [1.165, 1.54) is 48.9 Å². The smallest absolute Gasteiger partial charge is 0.190 e. The van der Waals surface area contributed by atoms with E-state index in [1.807, 2.05) is 24.3 Å². The first kappa shape index (κ1) is 18.1. The number of aryl methyl sites for hydroxylation is 1. The van der Waals surface area contributed by atoms with E-state index in [0.29, 0.717) is 6.04 Å². The van der Waals surface area contributed by atoms with Crippen molar-refractivity contribution in [1.82, 2.24) is 4.57 Å². The fourth-order valence-corrected chi connectivity index (χ4v) is 4.78. The van der Waals surface area contributed by atoms with Crippen LogP contribution in [0.3, 0.4) is 0 Å². The van der Waals surface area contributed by atoms with E-state index < -0.39 is 0 Å². The van der Waals surface area contributed by atoms with Crippen LogP contribution in [0.5, 0.6) is 5.75 Å². The molecule has 2 aromatic carbocycles. The second-order valence-corrected chi connectivity index (χ2v) is 8.08. The first-order valence-electron chi connectivity index (χ1n) is 9.70. The number of nitrogens with zero attached hydrogens (tertiary/aromatic N) is 2. The van der Waals surface area contributed by atoms with Crippen molar-refractivity contribution in [3.8, 4) is 17.0 Å². The first-order chi connectivity index (χ1) is 13.2. The van der Waals surface area contributed by atoms with Gasteiger partial charge < -0.3 is 9.30 Å². The second kappa shape index (κ2) is 8.13. The fourth-order valence-electron chi connectivity index (χ4n) is 3.80. The molecule has 1 aliphatic carbocycles. The summed E-state index contributed by atoms with van der Waals surface area (Å²) in [5.41, 5.74) is 4.83. The molecule has 3 nitrogen and oxygen atoms in total. The molecule has 1 heterocycles. The maximum Gasteiger partial charge on any atom is 0.190 e. The van der Waals surface area contributed by atoms with Gasteiger partial charge in [-0.1, -0.05) is 49.1 Å². The van der Waals surface area contributed by atoms with E-state index in [4.69, 9.17) is 9.73 Å². The van der Waals surface area contributed by atoms with E-state index >= 15 is 0 Å². The van der Waals surface area contributed by atoms with Crippen LogP contribution < -0.4 is 9.54 Å². The zero-order valence-corrected chi connectivity index (χ0v) is 16.8. The summed E-state index contributed by atoms with van der Waals surface area (Å²) in [7, 11) is 1.69. The van der Waals surface area contributed by atoms with Crippen LogP contribution in [0.25, 0.3) is 11.3 Å². The summed E-state index contributed by atoms with van der Waals surface area (Å²) in [5, 5.41) is 2.27. The van der Waals surface area contributed by atoms with Gasteiger partial charge in [0.15, 0.2) is 4.80 Å². The van der Waals surface area contributed by atoms with E-state index in [9.17, 15) is 0 Å². The number of hydrogen-bond donors (Lipinski definition) is 0. The maximum atomic E-state index is 5.27. The quantitative estimate of drug-likeness (QED) is 0.525. The Kier molecular flexibility index (Phi) is 5.44. The first-order valence-corrected chi connectivity index (χ1v) is 10.6. The number of methoxy groups -OCH3 is 1. The summed E-state index contributed by atoms with van der Waals surface area (Å²) in [5.74, 6) is 0.862. The van der Waals surface area contributed by atoms with Gasteiger partial charge >= 0.3 is 0 Å². The zero-order chi connectivity index (χ0) is 18.6. The molecule has 0 N–H and O–H groups in total. The average Bonchev–Trinajstić information content (AvgIpc) is 3.13. The number of benzene rings is 2. The highest BCUT2D eigenvalue weighted by Crippen LogP contribution is 2.32. The summed E-state index contributed by atoms with van der Waals surface area (Å²) in [6.07, 6.45) is 6.45. The Balaban J connectivity index is 1.80. The Labute approximate surface area is 165 Å². The lowest BCUT2D eigenvalue weighted by Crippen LogP contribution is -2.23. The van der Waals surface area contributed by atoms with Gasteiger partial charge in [-0.3, -0.25) is 0 Å². The fraction of sp³-hybridized carbons (Fsp3) is 0.348. The van der Waals surface area contributed by atoms with Crippen molar-refractivity contribution < 1.29 is 4.74 Å². The molecule has 0 atom stereocenters. The van der Waals surface area contributed by atoms with Gasteiger partial charge in [0.25, 0.3) is 0 Å². The summed E-state index contributed by atoms with van der Waals surface area (Å²) in [4.78, 5) is 6.07. The van der Waals surface area contributed by atoms with Gasteiger partial charge in [-0.2, -0.15) is 0 Å². The van der Waals surface area contributed by atoms with Crippen molar-refractivity contribution in [3.05, 3.63) is 64.3 Å². The molecule has 0 radical (unpaired) electrons. The van der Waals surface area contributed by atoms with Crippen LogP contribution in [-0.2, 0) is 0 Å². The third-order valence-electron chi connectivity index (χ3n) is 5.33. The summed E-state index contributed by atoms with van der Waals surface area (Å²) in [6.45, 7) is 2.14. The number of aromatic nitrogens is 1. The van der Waals surface area contributed by atoms with Crippen LogP contribution in [0.2, 0.25) is 0 Å². The zero-order valence-electron chi connectivity index (χ0n) is 16.0. The van der Waals surface area contributed by atoms with Gasteiger partial charge in [0.05, 0.1) is 18.5 Å². The van der Waals surface area contributed by atoms with Gasteiger partial charge in [0.1, 0.15) is 5.75 Å². The SMILES string of the molecule is COc1ccc(N=c2scc(-c3ccc(C)cc3)n2C2CCCCC2)cc1. The Morgan fingerprint density at radius 3 is 2.33 bits per heavy atom. The second-order valence-electron chi connectivity index (χ2n) is 7.24. The van der Waals surface area contributed by atoms with Crippen LogP contribution in [0.1, 0.15) is 43.7 Å². The van der Waals surface area contributed by atoms with Crippen molar-refractivity contribution in [2.24, 2.45) is 4.99 Å². The van der Waals surface area contributed by atoms with Crippen LogP contribution in [0.4, 0.5) is 5.69 Å². The van der Waals surface area contributed by atoms with E-state index in [0.717, 1.165) is 16.2 Å². The van der Waals surface area contributed by atoms with Crippen LogP contribution >= 0.6 is 11.3 Å². The van der Waals surface area contributed by atoms with Crippen LogP contribution in [0.15, 0.2) is 58.9 Å². The molecule has 0 bridgehead atoms.